The van der Waals surface area contributed by atoms with Crippen molar-refractivity contribution in [2.45, 2.75) is 95.6 Å². The van der Waals surface area contributed by atoms with Gasteiger partial charge in [0.05, 0.1) is 26.0 Å². The molecule has 23 nitrogen and oxygen atoms in total. The summed E-state index contributed by atoms with van der Waals surface area (Å²) in [5.74, 6) is -5.43. The highest BCUT2D eigenvalue weighted by molar-refractivity contribution is 6.31. The molecule has 8 amide bonds. The smallest absolute Gasteiger partial charge is 0.409 e. The Labute approximate surface area is 494 Å². The van der Waals surface area contributed by atoms with Crippen LogP contribution in [0.3, 0.4) is 0 Å². The number of likely N-dealkylation sites (N-methyl/N-ethyl adjacent to an activating group) is 1. The van der Waals surface area contributed by atoms with E-state index >= 15 is 0 Å². The number of nitrogens with one attached hydrogen (secondary N) is 5. The highest BCUT2D eigenvalue weighted by Crippen LogP contribution is 2.45. The standard InChI is InChI=1S/C61H64ClN7O16/c1-36(70)84-61(57(75)79-3)24-8-13-54(85-61)83-51-20-15-38(30-49(51)66-53(72)22-25-63-59(77)81-35-47-45-11-6-4-9-43(45)44-10-5-7-12-46(44)47)34-82-60(78)68(2)26-28-80-27-23-39-16-17-41(31-48(39)62)65-58(76)64-32-37-14-18-42-40(29-37)33-69(56(42)74)50-19-21-52(71)67-55(50)73/h4-7,9-12,14-18,20,29-31,47,50,54H,8,13,19,21-28,32-35H2,1-3H3,(H,63,77)(H,66,72)(H2,64,65,76)(H,67,71,73). The molecule has 0 radical (unpaired) electrons. The number of rotatable bonds is 22. The monoisotopic (exact) mass is 1190 g/mol. The van der Waals surface area contributed by atoms with E-state index in [2.05, 4.69) is 26.6 Å². The molecule has 0 saturated carbocycles. The van der Waals surface area contributed by atoms with E-state index in [1.807, 2.05) is 54.6 Å². The van der Waals surface area contributed by atoms with Gasteiger partial charge in [0.2, 0.25) is 24.0 Å². The van der Waals surface area contributed by atoms with E-state index in [0.717, 1.165) is 53.0 Å². The molecule has 3 heterocycles. The normalized spacial score (nSPS) is 17.7. The molecule has 9 rings (SSSR count). The van der Waals surface area contributed by atoms with Crippen molar-refractivity contribution in [1.82, 2.24) is 25.8 Å². The zero-order valence-corrected chi connectivity index (χ0v) is 47.7. The summed E-state index contributed by atoms with van der Waals surface area (Å²) in [6, 6.07) is 29.7. The third-order valence-electron chi connectivity index (χ3n) is 14.7. The van der Waals surface area contributed by atoms with Crippen LogP contribution in [0.2, 0.25) is 5.02 Å². The first-order valence-electron chi connectivity index (χ1n) is 27.7. The van der Waals surface area contributed by atoms with Gasteiger partial charge in [0, 0.05) is 88.0 Å². The van der Waals surface area contributed by atoms with Crippen LogP contribution < -0.4 is 31.3 Å². The van der Waals surface area contributed by atoms with Crippen LogP contribution in [-0.2, 0) is 78.5 Å². The second-order valence-corrected chi connectivity index (χ2v) is 21.0. The summed E-state index contributed by atoms with van der Waals surface area (Å²) in [6.07, 6.45) is -1.16. The Hall–Kier alpha value is -9.06. The van der Waals surface area contributed by atoms with Crippen LogP contribution in [0.25, 0.3) is 11.1 Å². The van der Waals surface area contributed by atoms with Gasteiger partial charge in [-0.15, -0.1) is 0 Å². The van der Waals surface area contributed by atoms with E-state index in [1.54, 1.807) is 43.4 Å². The maximum Gasteiger partial charge on any atom is 0.409 e. The lowest BCUT2D eigenvalue weighted by molar-refractivity contribution is -0.296. The molecule has 1 aliphatic carbocycles. The molecular formula is C61H64ClN7O16. The number of carbonyl (C=O) groups excluding carboxylic acids is 9. The Morgan fingerprint density at radius 2 is 1.59 bits per heavy atom. The molecule has 4 aliphatic rings. The number of urea groups is 1. The molecule has 0 aromatic heterocycles. The Kier molecular flexibility index (Phi) is 19.6. The second kappa shape index (κ2) is 27.6. The highest BCUT2D eigenvalue weighted by atomic mass is 35.5. The molecule has 24 heteroatoms. The number of benzene rings is 5. The van der Waals surface area contributed by atoms with Crippen molar-refractivity contribution < 1.29 is 76.3 Å². The molecule has 3 unspecified atom stereocenters. The number of hydrogen-bond acceptors (Lipinski definition) is 16. The summed E-state index contributed by atoms with van der Waals surface area (Å²) < 4.78 is 39.4. The predicted molar refractivity (Wildman–Crippen MR) is 306 cm³/mol. The maximum absolute atomic E-state index is 13.5. The summed E-state index contributed by atoms with van der Waals surface area (Å²) in [5.41, 5.74) is 8.07. The van der Waals surface area contributed by atoms with Gasteiger partial charge in [-0.1, -0.05) is 84.4 Å². The topological polar surface area (TPSA) is 285 Å². The van der Waals surface area contributed by atoms with Crippen molar-refractivity contribution in [1.29, 1.82) is 0 Å². The fourth-order valence-corrected chi connectivity index (χ4v) is 10.7. The van der Waals surface area contributed by atoms with Gasteiger partial charge in [-0.25, -0.2) is 19.2 Å². The summed E-state index contributed by atoms with van der Waals surface area (Å²) in [6.45, 7) is 1.92. The van der Waals surface area contributed by atoms with Crippen LogP contribution in [0, 0.1) is 0 Å². The van der Waals surface area contributed by atoms with E-state index < -0.39 is 60.1 Å². The summed E-state index contributed by atoms with van der Waals surface area (Å²) in [5, 5.41) is 13.7. The van der Waals surface area contributed by atoms with Gasteiger partial charge >= 0.3 is 35.9 Å². The number of methoxy groups -OCH3 is 1. The molecule has 2 fully saturated rings. The summed E-state index contributed by atoms with van der Waals surface area (Å²) in [4.78, 5) is 117. The number of halogens is 1. The van der Waals surface area contributed by atoms with Crippen LogP contribution in [0.4, 0.5) is 25.8 Å². The van der Waals surface area contributed by atoms with Crippen LogP contribution in [0.1, 0.15) is 95.1 Å². The Bertz CT molecular complexity index is 3350. The summed E-state index contributed by atoms with van der Waals surface area (Å²) in [7, 11) is 2.68. The molecule has 446 valence electrons. The number of amides is 8. The number of imide groups is 1. The second-order valence-electron chi connectivity index (χ2n) is 20.6. The van der Waals surface area contributed by atoms with Crippen molar-refractivity contribution in [2.24, 2.45) is 0 Å². The Morgan fingerprint density at radius 3 is 2.32 bits per heavy atom. The molecule has 5 aromatic carbocycles. The van der Waals surface area contributed by atoms with E-state index in [9.17, 15) is 43.2 Å². The van der Waals surface area contributed by atoms with E-state index in [4.69, 9.17) is 44.8 Å². The third-order valence-corrected chi connectivity index (χ3v) is 15.1. The molecule has 0 bridgehead atoms. The number of fused-ring (bicyclic) bond motifs is 4. The minimum atomic E-state index is -2.06. The molecule has 3 atom stereocenters. The minimum Gasteiger partial charge on any atom is -0.464 e. The minimum absolute atomic E-state index is 0.0180. The summed E-state index contributed by atoms with van der Waals surface area (Å²) >= 11 is 6.58. The molecule has 3 aliphatic heterocycles. The Balaban J connectivity index is 0.718. The van der Waals surface area contributed by atoms with Gasteiger partial charge in [-0.2, -0.15) is 0 Å². The number of anilines is 2. The van der Waals surface area contributed by atoms with Crippen LogP contribution in [0.15, 0.2) is 103 Å². The Morgan fingerprint density at radius 1 is 0.835 bits per heavy atom. The number of hydrogen-bond donors (Lipinski definition) is 5. The van der Waals surface area contributed by atoms with Crippen molar-refractivity contribution in [2.75, 3.05) is 57.7 Å². The first kappa shape index (κ1) is 60.5. The fraction of sp³-hybridized carbons (Fsp3) is 0.361. The molecule has 85 heavy (non-hydrogen) atoms. The van der Waals surface area contributed by atoms with Crippen LogP contribution in [0.5, 0.6) is 5.75 Å². The van der Waals surface area contributed by atoms with E-state index in [-0.39, 0.29) is 114 Å². The number of carbonyl (C=O) groups is 9. The van der Waals surface area contributed by atoms with E-state index in [0.29, 0.717) is 34.7 Å². The van der Waals surface area contributed by atoms with Gasteiger partial charge in [0.25, 0.3) is 5.91 Å². The lowest BCUT2D eigenvalue weighted by atomic mass is 9.98. The molecule has 5 N–H and O–H groups in total. The van der Waals surface area contributed by atoms with Crippen LogP contribution in [-0.4, -0.2) is 129 Å². The van der Waals surface area contributed by atoms with Gasteiger partial charge in [-0.3, -0.25) is 34.0 Å². The number of nitrogens with zero attached hydrogens (tertiary/aromatic N) is 2. The number of esters is 2. The van der Waals surface area contributed by atoms with Crippen molar-refractivity contribution >= 4 is 76.8 Å². The largest absolute Gasteiger partial charge is 0.464 e. The average Bonchev–Trinajstić information content (AvgIpc) is 3.02. The molecule has 0 spiro atoms. The number of alkyl carbamates (subject to hydrolysis) is 1. The SMILES string of the molecule is COC(=O)C1(OC(C)=O)CCCC(Oc2ccc(COC(=O)N(C)CCOCCc3ccc(NC(=O)NCc4ccc5c(c4)CN(C4CCC(=O)NC4=O)C5=O)cc3Cl)cc2NC(=O)CCNC(=O)OCC2c3ccccc3-c3ccccc32)O1. The van der Waals surface area contributed by atoms with E-state index in [1.165, 1.54) is 21.9 Å². The van der Waals surface area contributed by atoms with Gasteiger partial charge in [-0.05, 0) is 94.1 Å². The highest BCUT2D eigenvalue weighted by Gasteiger charge is 2.50. The number of ether oxygens (including phenoxy) is 7. The van der Waals surface area contributed by atoms with Gasteiger partial charge in [0.1, 0.15) is 25.0 Å². The fourth-order valence-electron chi connectivity index (χ4n) is 10.5. The zero-order valence-electron chi connectivity index (χ0n) is 47.0. The zero-order chi connectivity index (χ0) is 60.2. The lowest BCUT2D eigenvalue weighted by Gasteiger charge is -2.37. The maximum atomic E-state index is 13.5. The van der Waals surface area contributed by atoms with Gasteiger partial charge in [0.15, 0.2) is 0 Å². The third kappa shape index (κ3) is 15.0. The van der Waals surface area contributed by atoms with Crippen molar-refractivity contribution in [3.8, 4) is 16.9 Å². The predicted octanol–water partition coefficient (Wildman–Crippen LogP) is 7.46. The number of piperidine rings is 1. The molecule has 2 saturated heterocycles. The van der Waals surface area contributed by atoms with Crippen molar-refractivity contribution in [3.63, 3.8) is 0 Å². The van der Waals surface area contributed by atoms with Crippen molar-refractivity contribution in [3.05, 3.63) is 147 Å². The quantitative estimate of drug-likeness (QED) is 0.0195. The average molecular weight is 1190 g/mol. The molecule has 5 aromatic rings. The van der Waals surface area contributed by atoms with Gasteiger partial charge < -0.3 is 59.5 Å². The first-order chi connectivity index (χ1) is 41.0. The molecular weight excluding hydrogens is 1120 g/mol. The van der Waals surface area contributed by atoms with Crippen LogP contribution >= 0.6 is 11.6 Å². The lowest BCUT2D eigenvalue weighted by Crippen LogP contribution is -2.52. The first-order valence-corrected chi connectivity index (χ1v) is 28.0.